The van der Waals surface area contributed by atoms with Gasteiger partial charge in [0, 0.05) is 56.9 Å². The highest BCUT2D eigenvalue weighted by atomic mass is 16.6. The molecule has 0 unspecified atom stereocenters. The highest BCUT2D eigenvalue weighted by Gasteiger charge is 2.37. The third kappa shape index (κ3) is 7.40. The summed E-state index contributed by atoms with van der Waals surface area (Å²) in [6.45, 7) is 11.5. The molecule has 3 aromatic rings. The predicted molar refractivity (Wildman–Crippen MR) is 190 cm³/mol. The number of carbonyl (C=O) groups is 3. The Kier molecular flexibility index (Phi) is 9.65. The number of carbonyl (C=O) groups excluding carboxylic acids is 3. The molecule has 0 aliphatic carbocycles. The highest BCUT2D eigenvalue weighted by Crippen LogP contribution is 2.33. The monoisotopic (exact) mass is 686 g/mol. The first-order valence-electron chi connectivity index (χ1n) is 18.3. The fourth-order valence-corrected chi connectivity index (χ4v) is 8.25. The van der Waals surface area contributed by atoms with Crippen LogP contribution in [0.3, 0.4) is 0 Å². The third-order valence-electron chi connectivity index (χ3n) is 11.5. The maximum atomic E-state index is 14.1. The fraction of sp³-hybridized carbons (Fsp3) is 0.579. The van der Waals surface area contributed by atoms with Crippen molar-refractivity contribution in [1.82, 2.24) is 24.6 Å². The molecular weight excluding hydrogens is 636 g/mol. The number of piperidine rings is 3. The zero-order valence-corrected chi connectivity index (χ0v) is 29.5. The van der Waals surface area contributed by atoms with Crippen molar-refractivity contribution in [2.45, 2.75) is 90.3 Å². The lowest BCUT2D eigenvalue weighted by molar-refractivity contribution is -0.142. The summed E-state index contributed by atoms with van der Waals surface area (Å²) >= 11 is 0. The molecule has 0 saturated carbocycles. The van der Waals surface area contributed by atoms with Crippen LogP contribution >= 0.6 is 0 Å². The molecule has 12 nitrogen and oxygen atoms in total. The molecule has 268 valence electrons. The van der Waals surface area contributed by atoms with Crippen LogP contribution in [-0.4, -0.2) is 107 Å². The smallest absolute Gasteiger partial charge is 0.417 e. The van der Waals surface area contributed by atoms with Crippen LogP contribution in [0.2, 0.25) is 0 Å². The third-order valence-corrected chi connectivity index (χ3v) is 11.5. The van der Waals surface area contributed by atoms with Crippen LogP contribution in [0.1, 0.15) is 69.1 Å². The standard InChI is InChI=1S/C38H50N6O6/c1-25-22-26(23-31-33(25)40-36(47)49-31)24-32(34(45)42-15-9-28(10-16-42)41-20-13-38(2,3)14-21-41)50-37(48)43-17-11-29(12-18-43)44-19-8-27-6-4-5-7-30(27)39-35(44)46/h4-7,22-23,28-29,32H,8-21,24H2,1-3H3,(H,39,46)(H,40,47)/t32-/m1/s1. The van der Waals surface area contributed by atoms with Crippen LogP contribution in [0.25, 0.3) is 11.1 Å². The molecule has 3 saturated heterocycles. The summed E-state index contributed by atoms with van der Waals surface area (Å²) in [5, 5.41) is 3.05. The summed E-state index contributed by atoms with van der Waals surface area (Å²) in [7, 11) is 0. The molecule has 0 radical (unpaired) electrons. The van der Waals surface area contributed by atoms with E-state index < -0.39 is 18.0 Å². The molecule has 4 aliphatic rings. The normalized spacial score (nSPS) is 21.4. The molecule has 2 aromatic carbocycles. The number of fused-ring (bicyclic) bond motifs is 2. The minimum Gasteiger partial charge on any atom is -0.436 e. The van der Waals surface area contributed by atoms with Crippen LogP contribution in [0.5, 0.6) is 0 Å². The highest BCUT2D eigenvalue weighted by molar-refractivity contribution is 5.91. The van der Waals surface area contributed by atoms with Crippen molar-refractivity contribution in [3.05, 3.63) is 63.6 Å². The van der Waals surface area contributed by atoms with Crippen LogP contribution in [0.4, 0.5) is 15.3 Å². The van der Waals surface area contributed by atoms with Crippen LogP contribution in [0, 0.1) is 12.3 Å². The van der Waals surface area contributed by atoms with Gasteiger partial charge >= 0.3 is 17.9 Å². The van der Waals surface area contributed by atoms with E-state index in [1.54, 1.807) is 11.0 Å². The Hall–Kier alpha value is -4.32. The van der Waals surface area contributed by atoms with Gasteiger partial charge in [-0.05, 0) is 99.2 Å². The number of aromatic nitrogens is 1. The lowest BCUT2D eigenvalue weighted by atomic mass is 9.82. The first kappa shape index (κ1) is 34.1. The summed E-state index contributed by atoms with van der Waals surface area (Å²) in [6, 6.07) is 11.9. The van der Waals surface area contributed by atoms with Gasteiger partial charge in [0.05, 0.1) is 5.52 Å². The first-order valence-corrected chi connectivity index (χ1v) is 18.3. The van der Waals surface area contributed by atoms with Crippen molar-refractivity contribution in [3.63, 3.8) is 0 Å². The zero-order valence-electron chi connectivity index (χ0n) is 29.5. The molecule has 5 heterocycles. The number of hydrogen-bond acceptors (Lipinski definition) is 7. The summed E-state index contributed by atoms with van der Waals surface area (Å²) < 4.78 is 11.4. The van der Waals surface area contributed by atoms with E-state index in [1.807, 2.05) is 47.1 Å². The van der Waals surface area contributed by atoms with Gasteiger partial charge in [0.1, 0.15) is 0 Å². The van der Waals surface area contributed by atoms with E-state index in [1.165, 1.54) is 12.8 Å². The van der Waals surface area contributed by atoms with Crippen LogP contribution in [0.15, 0.2) is 45.6 Å². The Bertz CT molecular complexity index is 1770. The number of anilines is 1. The number of para-hydroxylation sites is 1. The molecule has 0 bridgehead atoms. The van der Waals surface area contributed by atoms with Crippen molar-refractivity contribution >= 4 is 34.8 Å². The second-order valence-electron chi connectivity index (χ2n) is 15.4. The van der Waals surface area contributed by atoms with Crippen molar-refractivity contribution < 1.29 is 23.5 Å². The minimum absolute atomic E-state index is 0.00349. The predicted octanol–water partition coefficient (Wildman–Crippen LogP) is 5.14. The summed E-state index contributed by atoms with van der Waals surface area (Å²) in [6.07, 6.45) is 4.81. The van der Waals surface area contributed by atoms with E-state index >= 15 is 0 Å². The van der Waals surface area contributed by atoms with E-state index in [0.29, 0.717) is 68.1 Å². The number of aromatic amines is 1. The second kappa shape index (κ2) is 14.1. The summed E-state index contributed by atoms with van der Waals surface area (Å²) in [5.41, 5.74) is 4.95. The number of ether oxygens (including phenoxy) is 1. The Morgan fingerprint density at radius 3 is 2.34 bits per heavy atom. The number of oxazole rings is 1. The van der Waals surface area contributed by atoms with Crippen LogP contribution < -0.4 is 11.1 Å². The average Bonchev–Trinajstić information content (AvgIpc) is 3.40. The van der Waals surface area contributed by atoms with Gasteiger partial charge < -0.3 is 34.1 Å². The van der Waals surface area contributed by atoms with E-state index in [0.717, 1.165) is 54.7 Å². The fourth-order valence-electron chi connectivity index (χ4n) is 8.25. The number of nitrogens with zero attached hydrogens (tertiary/aromatic N) is 4. The largest absolute Gasteiger partial charge is 0.436 e. The zero-order chi connectivity index (χ0) is 35.0. The summed E-state index contributed by atoms with van der Waals surface area (Å²) in [4.78, 5) is 63.6. The number of benzene rings is 2. The Labute approximate surface area is 293 Å². The molecule has 7 rings (SSSR count). The number of urea groups is 1. The topological polar surface area (TPSA) is 131 Å². The van der Waals surface area contributed by atoms with Gasteiger partial charge in [-0.1, -0.05) is 38.1 Å². The van der Waals surface area contributed by atoms with Crippen molar-refractivity contribution in [1.29, 1.82) is 0 Å². The number of nitrogens with one attached hydrogen (secondary N) is 2. The van der Waals surface area contributed by atoms with Crippen molar-refractivity contribution in [2.75, 3.05) is 51.1 Å². The molecule has 1 aromatic heterocycles. The molecule has 4 amide bonds. The van der Waals surface area contributed by atoms with Gasteiger partial charge in [0.2, 0.25) is 0 Å². The maximum absolute atomic E-state index is 14.1. The molecule has 1 atom stereocenters. The lowest BCUT2D eigenvalue weighted by Crippen LogP contribution is -2.53. The lowest BCUT2D eigenvalue weighted by Gasteiger charge is -2.44. The van der Waals surface area contributed by atoms with Crippen LogP contribution in [-0.2, 0) is 22.4 Å². The molecular formula is C38H50N6O6. The average molecular weight is 687 g/mol. The van der Waals surface area contributed by atoms with Gasteiger partial charge in [-0.25, -0.2) is 14.4 Å². The number of rotatable bonds is 6. The number of amides is 4. The van der Waals surface area contributed by atoms with E-state index in [4.69, 9.17) is 9.15 Å². The maximum Gasteiger partial charge on any atom is 0.417 e. The van der Waals surface area contributed by atoms with Gasteiger partial charge in [-0.3, -0.25) is 9.78 Å². The molecule has 4 aliphatic heterocycles. The van der Waals surface area contributed by atoms with E-state index in [2.05, 4.69) is 29.0 Å². The molecule has 3 fully saturated rings. The van der Waals surface area contributed by atoms with E-state index in [-0.39, 0.29) is 24.4 Å². The van der Waals surface area contributed by atoms with Crippen molar-refractivity contribution in [3.8, 4) is 0 Å². The quantitative estimate of drug-likeness (QED) is 0.367. The van der Waals surface area contributed by atoms with Gasteiger partial charge in [-0.15, -0.1) is 0 Å². The Balaban J connectivity index is 1.01. The van der Waals surface area contributed by atoms with Gasteiger partial charge in [0.25, 0.3) is 5.91 Å². The summed E-state index contributed by atoms with van der Waals surface area (Å²) in [5.74, 6) is -0.731. The minimum atomic E-state index is -1.02. The Morgan fingerprint density at radius 1 is 0.920 bits per heavy atom. The number of aryl methyl sites for hydroxylation is 1. The molecule has 50 heavy (non-hydrogen) atoms. The van der Waals surface area contributed by atoms with Gasteiger partial charge in [-0.2, -0.15) is 0 Å². The number of hydrogen-bond donors (Lipinski definition) is 2. The molecule has 2 N–H and O–H groups in total. The molecule has 12 heteroatoms. The first-order chi connectivity index (χ1) is 24.0. The second-order valence-corrected chi connectivity index (χ2v) is 15.4. The SMILES string of the molecule is Cc1cc(C[C@@H](OC(=O)N2CCC(N3CCc4ccccc4NC3=O)CC2)C(=O)N2CCC(N3CCC(C)(C)CC3)CC2)cc2oc(=O)[nH]c12. The number of likely N-dealkylation sites (tertiary alicyclic amines) is 3. The van der Waals surface area contributed by atoms with Gasteiger partial charge in [0.15, 0.2) is 11.7 Å². The molecule has 0 spiro atoms. The van der Waals surface area contributed by atoms with E-state index in [9.17, 15) is 19.2 Å². The Morgan fingerprint density at radius 2 is 1.60 bits per heavy atom. The van der Waals surface area contributed by atoms with Crippen molar-refractivity contribution in [2.24, 2.45) is 5.41 Å². The number of H-pyrrole nitrogens is 1.